The Bertz CT molecular complexity index is 1580. The average molecular weight is 482 g/mol. The molecule has 0 unspecified atom stereocenters. The maximum Gasteiger partial charge on any atom is 0.336 e. The predicted molar refractivity (Wildman–Crippen MR) is 133 cm³/mol. The van der Waals surface area contributed by atoms with E-state index in [1.807, 2.05) is 24.3 Å². The van der Waals surface area contributed by atoms with E-state index in [-0.39, 0.29) is 37.8 Å². The number of benzene rings is 3. The van der Waals surface area contributed by atoms with Gasteiger partial charge in [0.15, 0.2) is 0 Å². The second-order valence-corrected chi connectivity index (χ2v) is 9.30. The summed E-state index contributed by atoms with van der Waals surface area (Å²) in [7, 11) is 0. The third kappa shape index (κ3) is 3.77. The number of imide groups is 1. The summed E-state index contributed by atoms with van der Waals surface area (Å²) in [4.78, 5) is 51.7. The quantitative estimate of drug-likeness (QED) is 0.228. The summed E-state index contributed by atoms with van der Waals surface area (Å²) in [6, 6.07) is 16.1. The van der Waals surface area contributed by atoms with E-state index in [2.05, 4.69) is 0 Å². The van der Waals surface area contributed by atoms with Crippen molar-refractivity contribution in [3.63, 3.8) is 0 Å². The molecule has 2 amide bonds. The lowest BCUT2D eigenvalue weighted by atomic mass is 9.94. The zero-order valence-corrected chi connectivity index (χ0v) is 19.5. The fraction of sp³-hybridized carbons (Fsp3) is 0.241. The molecule has 0 spiro atoms. The van der Waals surface area contributed by atoms with E-state index in [1.165, 1.54) is 22.1 Å². The first kappa shape index (κ1) is 22.2. The molecule has 7 nitrogen and oxygen atoms in total. The van der Waals surface area contributed by atoms with Gasteiger partial charge in [0.25, 0.3) is 11.8 Å². The zero-order valence-electron chi connectivity index (χ0n) is 19.5. The van der Waals surface area contributed by atoms with Gasteiger partial charge in [-0.25, -0.2) is 4.79 Å². The molecule has 0 saturated heterocycles. The van der Waals surface area contributed by atoms with Crippen molar-refractivity contribution in [2.45, 2.75) is 38.7 Å². The van der Waals surface area contributed by atoms with Crippen LogP contribution in [0, 0.1) is 0 Å². The van der Waals surface area contributed by atoms with Crippen LogP contribution in [0.2, 0.25) is 0 Å². The van der Waals surface area contributed by atoms with Gasteiger partial charge >= 0.3 is 11.6 Å². The Labute approximate surface area is 206 Å². The number of amides is 2. The topological polar surface area (TPSA) is 93.9 Å². The number of hydrogen-bond acceptors (Lipinski definition) is 6. The Morgan fingerprint density at radius 2 is 1.61 bits per heavy atom. The molecule has 0 bridgehead atoms. The molecule has 0 atom stereocenters. The molecule has 2 aliphatic rings. The monoisotopic (exact) mass is 481 g/mol. The molecule has 0 saturated carbocycles. The molecule has 180 valence electrons. The summed E-state index contributed by atoms with van der Waals surface area (Å²) in [6.07, 6.45) is 3.34. The number of hydrogen-bond donors (Lipinski definition) is 0. The Balaban J connectivity index is 1.11. The highest BCUT2D eigenvalue weighted by atomic mass is 16.5. The van der Waals surface area contributed by atoms with Crippen molar-refractivity contribution in [2.24, 2.45) is 0 Å². The lowest BCUT2D eigenvalue weighted by molar-refractivity contribution is -0.145. The second kappa shape index (κ2) is 8.75. The number of nitrogens with zero attached hydrogens (tertiary/aromatic N) is 1. The minimum absolute atomic E-state index is 0.0394. The molecule has 1 aromatic heterocycles. The van der Waals surface area contributed by atoms with Crippen LogP contribution >= 0.6 is 0 Å². The van der Waals surface area contributed by atoms with Crippen LogP contribution in [0.25, 0.3) is 21.7 Å². The lowest BCUT2D eigenvalue weighted by Gasteiger charge is -2.27. The van der Waals surface area contributed by atoms with Crippen molar-refractivity contribution in [1.29, 1.82) is 0 Å². The van der Waals surface area contributed by atoms with E-state index in [4.69, 9.17) is 9.15 Å². The normalized spacial score (nSPS) is 14.5. The van der Waals surface area contributed by atoms with Gasteiger partial charge in [-0.15, -0.1) is 0 Å². The standard InChI is InChI=1S/C29H23NO6/c31-25(35-16-20-15-26(32)36-24-14-19-8-1-7-18(19)13-23(20)24)11-4-12-30-28(33)21-9-2-5-17-6-3-10-22(27(17)21)29(30)34/h2-3,5-6,9-10,13-15H,1,4,7-8,11-12,16H2. The van der Waals surface area contributed by atoms with Gasteiger partial charge in [0.2, 0.25) is 0 Å². The molecule has 3 aromatic carbocycles. The Hall–Kier alpha value is -4.26. The third-order valence-electron chi connectivity index (χ3n) is 7.05. The first-order chi connectivity index (χ1) is 17.5. The van der Waals surface area contributed by atoms with Gasteiger partial charge in [0.1, 0.15) is 12.2 Å². The van der Waals surface area contributed by atoms with Gasteiger partial charge in [-0.2, -0.15) is 0 Å². The van der Waals surface area contributed by atoms with Crippen molar-refractivity contribution < 1.29 is 23.5 Å². The minimum atomic E-state index is -0.482. The maximum absolute atomic E-state index is 13.0. The predicted octanol–water partition coefficient (Wildman–Crippen LogP) is 4.55. The summed E-state index contributed by atoms with van der Waals surface area (Å²) in [5.74, 6) is -1.17. The Morgan fingerprint density at radius 1 is 0.917 bits per heavy atom. The van der Waals surface area contributed by atoms with Crippen molar-refractivity contribution in [1.82, 2.24) is 4.90 Å². The van der Waals surface area contributed by atoms with E-state index < -0.39 is 11.6 Å². The van der Waals surface area contributed by atoms with Crippen molar-refractivity contribution in [3.05, 3.63) is 92.8 Å². The molecule has 2 heterocycles. The van der Waals surface area contributed by atoms with Crippen LogP contribution in [0.4, 0.5) is 0 Å². The van der Waals surface area contributed by atoms with E-state index in [0.29, 0.717) is 27.7 Å². The average Bonchev–Trinajstić information content (AvgIpc) is 3.34. The smallest absolute Gasteiger partial charge is 0.336 e. The van der Waals surface area contributed by atoms with Gasteiger partial charge in [-0.05, 0) is 66.5 Å². The van der Waals surface area contributed by atoms with Gasteiger partial charge < -0.3 is 9.15 Å². The van der Waals surface area contributed by atoms with Gasteiger partial charge in [-0.3, -0.25) is 19.3 Å². The van der Waals surface area contributed by atoms with Crippen LogP contribution in [-0.4, -0.2) is 29.2 Å². The van der Waals surface area contributed by atoms with Gasteiger partial charge in [-0.1, -0.05) is 24.3 Å². The van der Waals surface area contributed by atoms with Crippen molar-refractivity contribution in [3.8, 4) is 0 Å². The van der Waals surface area contributed by atoms with Crippen LogP contribution < -0.4 is 5.63 Å². The number of aryl methyl sites for hydroxylation is 2. The Morgan fingerprint density at radius 3 is 2.33 bits per heavy atom. The molecule has 0 N–H and O–H groups in total. The Kier molecular flexibility index (Phi) is 5.40. The molecule has 0 fully saturated rings. The van der Waals surface area contributed by atoms with E-state index >= 15 is 0 Å². The fourth-order valence-electron chi connectivity index (χ4n) is 5.31. The van der Waals surface area contributed by atoms with Crippen LogP contribution in [-0.2, 0) is 29.0 Å². The highest BCUT2D eigenvalue weighted by molar-refractivity contribution is 6.25. The number of carbonyl (C=O) groups is 3. The number of ether oxygens (including phenoxy) is 1. The molecular weight excluding hydrogens is 458 g/mol. The molecule has 6 rings (SSSR count). The molecule has 1 aliphatic heterocycles. The van der Waals surface area contributed by atoms with Crippen LogP contribution in [0.3, 0.4) is 0 Å². The largest absolute Gasteiger partial charge is 0.461 e. The van der Waals surface area contributed by atoms with Crippen molar-refractivity contribution in [2.75, 3.05) is 6.54 Å². The zero-order chi connectivity index (χ0) is 24.8. The van der Waals surface area contributed by atoms with Gasteiger partial charge in [0, 0.05) is 46.5 Å². The molecule has 4 aromatic rings. The summed E-state index contributed by atoms with van der Waals surface area (Å²) < 4.78 is 10.8. The second-order valence-electron chi connectivity index (χ2n) is 9.30. The molecule has 36 heavy (non-hydrogen) atoms. The summed E-state index contributed by atoms with van der Waals surface area (Å²) >= 11 is 0. The minimum Gasteiger partial charge on any atom is -0.461 e. The first-order valence-electron chi connectivity index (χ1n) is 12.1. The summed E-state index contributed by atoms with van der Waals surface area (Å²) in [6.45, 7) is 0.0676. The van der Waals surface area contributed by atoms with Crippen LogP contribution in [0.1, 0.15) is 56.7 Å². The lowest BCUT2D eigenvalue weighted by Crippen LogP contribution is -2.41. The summed E-state index contributed by atoms with van der Waals surface area (Å²) in [5.41, 5.74) is 4.04. The number of carbonyl (C=O) groups excluding carboxylic acids is 3. The van der Waals surface area contributed by atoms with Crippen LogP contribution in [0.5, 0.6) is 0 Å². The van der Waals surface area contributed by atoms with Gasteiger partial charge in [0.05, 0.1) is 0 Å². The van der Waals surface area contributed by atoms with E-state index in [9.17, 15) is 19.2 Å². The third-order valence-corrected chi connectivity index (χ3v) is 7.05. The van der Waals surface area contributed by atoms with Crippen molar-refractivity contribution >= 4 is 39.5 Å². The van der Waals surface area contributed by atoms with Crippen LogP contribution in [0.15, 0.2) is 63.8 Å². The molecule has 7 heteroatoms. The number of fused-ring (bicyclic) bond motifs is 2. The van der Waals surface area contributed by atoms with E-state index in [0.717, 1.165) is 30.0 Å². The number of esters is 1. The highest BCUT2D eigenvalue weighted by Gasteiger charge is 2.32. The molecule has 0 radical (unpaired) electrons. The molecular formula is C29H23NO6. The highest BCUT2D eigenvalue weighted by Crippen LogP contribution is 2.31. The number of rotatable bonds is 6. The summed E-state index contributed by atoms with van der Waals surface area (Å²) in [5, 5.41) is 2.30. The molecule has 1 aliphatic carbocycles. The SMILES string of the molecule is O=C(CCCN1C(=O)c2cccc3cccc(c23)C1=O)OCc1cc(=O)oc2cc3c(cc12)CCC3. The maximum atomic E-state index is 13.0. The fourth-order valence-corrected chi connectivity index (χ4v) is 5.31. The van der Waals surface area contributed by atoms with E-state index in [1.54, 1.807) is 24.3 Å². The first-order valence-corrected chi connectivity index (χ1v) is 12.1.